The predicted molar refractivity (Wildman–Crippen MR) is 175 cm³/mol. The molecule has 11 heteroatoms. The van der Waals surface area contributed by atoms with Crippen molar-refractivity contribution >= 4 is 27.3 Å². The molecule has 1 aliphatic rings. The number of carbonyl (C=O) groups excluding carboxylic acids is 1. The van der Waals surface area contributed by atoms with Crippen molar-refractivity contribution in [3.05, 3.63) is 107 Å². The van der Waals surface area contributed by atoms with Crippen molar-refractivity contribution in [2.24, 2.45) is 11.1 Å². The van der Waals surface area contributed by atoms with Crippen molar-refractivity contribution in [3.8, 4) is 45.3 Å². The van der Waals surface area contributed by atoms with Crippen LogP contribution in [-0.2, 0) is 21.3 Å². The molecule has 0 spiro atoms. The number of para-hydroxylation sites is 1. The van der Waals surface area contributed by atoms with Crippen LogP contribution in [0.2, 0.25) is 0 Å². The maximum Gasteiger partial charge on any atom is 0.357 e. The number of hydrogen-bond donors (Lipinski definition) is 1. The summed E-state index contributed by atoms with van der Waals surface area (Å²) in [5.74, 6) is 6.54. The summed E-state index contributed by atoms with van der Waals surface area (Å²) >= 11 is 1.27. The highest BCUT2D eigenvalue weighted by molar-refractivity contribution is 7.89. The number of halogens is 1. The van der Waals surface area contributed by atoms with E-state index in [-0.39, 0.29) is 18.8 Å². The van der Waals surface area contributed by atoms with Crippen LogP contribution in [0.1, 0.15) is 47.8 Å². The van der Waals surface area contributed by atoms with E-state index >= 15 is 4.39 Å². The Labute approximate surface area is 270 Å². The number of hydrogen-bond acceptors (Lipinski definition) is 7. The van der Waals surface area contributed by atoms with Crippen LogP contribution in [0, 0.1) is 23.6 Å². The summed E-state index contributed by atoms with van der Waals surface area (Å²) in [6.45, 7) is 2.05. The average Bonchev–Trinajstić information content (AvgIpc) is 3.62. The molecule has 3 aromatic carbocycles. The normalized spacial score (nSPS) is 13.0. The number of primary sulfonamides is 1. The van der Waals surface area contributed by atoms with Gasteiger partial charge < -0.3 is 14.0 Å². The molecule has 1 saturated carbocycles. The van der Waals surface area contributed by atoms with Crippen molar-refractivity contribution in [1.82, 2.24) is 9.55 Å². The molecule has 0 bridgehead atoms. The van der Waals surface area contributed by atoms with Gasteiger partial charge >= 0.3 is 5.97 Å². The van der Waals surface area contributed by atoms with Crippen LogP contribution < -0.4 is 9.88 Å². The van der Waals surface area contributed by atoms with Gasteiger partial charge in [-0.1, -0.05) is 54.7 Å². The van der Waals surface area contributed by atoms with Crippen LogP contribution in [0.3, 0.4) is 0 Å². The number of benzene rings is 3. The summed E-state index contributed by atoms with van der Waals surface area (Å²) in [6.07, 6.45) is 3.43. The minimum absolute atomic E-state index is 0.105. The Morgan fingerprint density at radius 3 is 2.59 bits per heavy atom. The van der Waals surface area contributed by atoms with Crippen molar-refractivity contribution in [2.75, 3.05) is 6.61 Å². The molecule has 6 rings (SSSR count). The Balaban J connectivity index is 1.52. The molecule has 0 aliphatic heterocycles. The van der Waals surface area contributed by atoms with Crippen LogP contribution in [0.25, 0.3) is 21.8 Å². The van der Waals surface area contributed by atoms with Gasteiger partial charge in [0.2, 0.25) is 15.9 Å². The first-order valence-electron chi connectivity index (χ1n) is 14.7. The zero-order chi connectivity index (χ0) is 32.3. The summed E-state index contributed by atoms with van der Waals surface area (Å²) in [5, 5.41) is 7.36. The molecule has 0 saturated heterocycles. The molecule has 2 N–H and O–H groups in total. The van der Waals surface area contributed by atoms with Gasteiger partial charge in [-0.15, -0.1) is 11.3 Å². The zero-order valence-electron chi connectivity index (χ0n) is 24.9. The lowest BCUT2D eigenvalue weighted by Crippen LogP contribution is -2.14. The molecule has 1 fully saturated rings. The second kappa shape index (κ2) is 13.3. The Hall–Kier alpha value is -4.76. The molecular formula is C35H30FN3O5S2. The molecule has 0 unspecified atom stereocenters. The van der Waals surface area contributed by atoms with Gasteiger partial charge in [0, 0.05) is 16.9 Å². The van der Waals surface area contributed by atoms with Crippen molar-refractivity contribution in [2.45, 2.75) is 37.6 Å². The highest BCUT2D eigenvalue weighted by Crippen LogP contribution is 2.42. The molecule has 46 heavy (non-hydrogen) atoms. The number of esters is 1. The van der Waals surface area contributed by atoms with Crippen molar-refractivity contribution in [1.29, 1.82) is 0 Å². The summed E-state index contributed by atoms with van der Waals surface area (Å²) in [4.78, 5) is 16.5. The van der Waals surface area contributed by atoms with E-state index in [0.29, 0.717) is 33.7 Å². The predicted octanol–water partition coefficient (Wildman–Crippen LogP) is 7.23. The van der Waals surface area contributed by atoms with Gasteiger partial charge in [0.1, 0.15) is 21.5 Å². The third kappa shape index (κ3) is 6.89. The quantitative estimate of drug-likeness (QED) is 0.132. The van der Waals surface area contributed by atoms with Gasteiger partial charge in [-0.25, -0.2) is 27.7 Å². The third-order valence-corrected chi connectivity index (χ3v) is 9.37. The minimum atomic E-state index is -4.24. The van der Waals surface area contributed by atoms with Crippen LogP contribution in [0.15, 0.2) is 89.1 Å². The van der Waals surface area contributed by atoms with Gasteiger partial charge in [-0.05, 0) is 73.4 Å². The highest BCUT2D eigenvalue weighted by Gasteiger charge is 2.25. The monoisotopic (exact) mass is 655 g/mol. The Morgan fingerprint density at radius 2 is 1.89 bits per heavy atom. The molecule has 2 heterocycles. The van der Waals surface area contributed by atoms with Gasteiger partial charge in [-0.3, -0.25) is 0 Å². The van der Waals surface area contributed by atoms with Gasteiger partial charge in [-0.2, -0.15) is 0 Å². The smallest absolute Gasteiger partial charge is 0.357 e. The van der Waals surface area contributed by atoms with E-state index in [1.54, 1.807) is 12.3 Å². The Morgan fingerprint density at radius 1 is 1.09 bits per heavy atom. The van der Waals surface area contributed by atoms with E-state index in [2.05, 4.69) is 16.8 Å². The van der Waals surface area contributed by atoms with Gasteiger partial charge in [0.25, 0.3) is 0 Å². The number of nitrogens with two attached hydrogens (primary N) is 1. The van der Waals surface area contributed by atoms with Crippen LogP contribution in [0.4, 0.5) is 4.39 Å². The van der Waals surface area contributed by atoms with Crippen LogP contribution in [-0.4, -0.2) is 30.5 Å². The minimum Gasteiger partial charge on any atom is -0.461 e. The summed E-state index contributed by atoms with van der Waals surface area (Å²) < 4.78 is 52.3. The standard InChI is InChI=1S/C35H30FN3O5S2/c1-2-43-35(40)30-22-45-33(38-30)28-20-31(26-11-7-10-24(18-26)15-14-23-8-6-9-23)39(34(28)44-27-12-4-3-5-13-27)21-25-16-17-32(29(36)19-25)46(37,41)42/h3-5,7,10-13,16-20,22-23H,2,6,8-9,21H2,1H3,(H2,37,41,42). The second-order valence-corrected chi connectivity index (χ2v) is 13.2. The first kappa shape index (κ1) is 31.2. The lowest BCUT2D eigenvalue weighted by molar-refractivity contribution is 0.0520. The highest BCUT2D eigenvalue weighted by atomic mass is 32.2. The molecule has 2 aromatic heterocycles. The van der Waals surface area contributed by atoms with E-state index < -0.39 is 26.7 Å². The van der Waals surface area contributed by atoms with Gasteiger partial charge in [0.05, 0.1) is 24.4 Å². The fourth-order valence-corrected chi connectivity index (χ4v) is 6.42. The van der Waals surface area contributed by atoms with E-state index in [1.165, 1.54) is 23.8 Å². The summed E-state index contributed by atoms with van der Waals surface area (Å²) in [5.41, 5.74) is 3.65. The molecule has 0 amide bonds. The number of aromatic nitrogens is 2. The summed E-state index contributed by atoms with van der Waals surface area (Å²) in [6, 6.07) is 22.7. The fourth-order valence-electron chi connectivity index (χ4n) is 5.04. The number of nitrogens with zero attached hydrogens (tertiary/aromatic N) is 2. The van der Waals surface area contributed by atoms with Crippen LogP contribution in [0.5, 0.6) is 11.6 Å². The van der Waals surface area contributed by atoms with Crippen molar-refractivity contribution in [3.63, 3.8) is 0 Å². The topological polar surface area (TPSA) is 114 Å². The number of rotatable bonds is 9. The summed E-state index contributed by atoms with van der Waals surface area (Å²) in [7, 11) is -4.24. The first-order valence-corrected chi connectivity index (χ1v) is 17.1. The molecule has 8 nitrogen and oxygen atoms in total. The van der Waals surface area contributed by atoms with Gasteiger partial charge in [0.15, 0.2) is 5.69 Å². The third-order valence-electron chi connectivity index (χ3n) is 7.55. The number of thiazole rings is 1. The fraction of sp³-hybridized carbons (Fsp3) is 0.200. The lowest BCUT2D eigenvalue weighted by atomic mass is 9.86. The number of carbonyl (C=O) groups is 1. The molecule has 0 radical (unpaired) electrons. The van der Waals surface area contributed by atoms with E-state index in [9.17, 15) is 13.2 Å². The van der Waals surface area contributed by atoms with E-state index in [0.717, 1.165) is 41.8 Å². The Bertz CT molecular complexity index is 2070. The van der Waals surface area contributed by atoms with E-state index in [4.69, 9.17) is 14.6 Å². The molecular weight excluding hydrogens is 626 g/mol. The van der Waals surface area contributed by atoms with E-state index in [1.807, 2.05) is 65.2 Å². The van der Waals surface area contributed by atoms with Crippen molar-refractivity contribution < 1.29 is 27.1 Å². The lowest BCUT2D eigenvalue weighted by Gasteiger charge is -2.18. The number of ether oxygens (including phenoxy) is 2. The Kier molecular flexibility index (Phi) is 9.03. The molecule has 1 aliphatic carbocycles. The maximum atomic E-state index is 15.0. The second-order valence-electron chi connectivity index (χ2n) is 10.8. The number of sulfonamides is 1. The molecule has 5 aromatic rings. The molecule has 0 atom stereocenters. The SMILES string of the molecule is CCOC(=O)c1csc(-c2cc(-c3cccc(C#CC4CCC4)c3)n(Cc3ccc(S(N)(=O)=O)c(F)c3)c2Oc2ccccc2)n1. The first-order chi connectivity index (χ1) is 22.2. The largest absolute Gasteiger partial charge is 0.461 e. The maximum absolute atomic E-state index is 15.0. The van der Waals surface area contributed by atoms with Crippen LogP contribution >= 0.6 is 11.3 Å². The average molecular weight is 656 g/mol. The zero-order valence-corrected chi connectivity index (χ0v) is 26.5. The molecule has 234 valence electrons.